The van der Waals surface area contributed by atoms with E-state index in [4.69, 9.17) is 15.2 Å². The van der Waals surface area contributed by atoms with Crippen molar-refractivity contribution in [2.75, 3.05) is 33.1 Å². The van der Waals surface area contributed by atoms with Crippen LogP contribution >= 0.6 is 0 Å². The number of rotatable bonds is 8. The number of esters is 1. The Bertz CT molecular complexity index is 874. The molecule has 0 spiro atoms. The molecule has 0 fully saturated rings. The Morgan fingerprint density at radius 2 is 1.82 bits per heavy atom. The van der Waals surface area contributed by atoms with E-state index >= 15 is 0 Å². The van der Waals surface area contributed by atoms with Crippen LogP contribution in [0.3, 0.4) is 0 Å². The number of nitrogens with one attached hydrogen (secondary N) is 1. The summed E-state index contributed by atoms with van der Waals surface area (Å²) in [5, 5.41) is 2.52. The van der Waals surface area contributed by atoms with Gasteiger partial charge in [-0.1, -0.05) is 0 Å². The van der Waals surface area contributed by atoms with Crippen molar-refractivity contribution in [1.82, 2.24) is 5.32 Å². The van der Waals surface area contributed by atoms with Crippen LogP contribution in [0.5, 0.6) is 11.5 Å². The van der Waals surface area contributed by atoms with Crippen molar-refractivity contribution in [2.45, 2.75) is 6.42 Å². The summed E-state index contributed by atoms with van der Waals surface area (Å²) in [5.41, 5.74) is 5.87. The van der Waals surface area contributed by atoms with E-state index in [9.17, 15) is 18.4 Å². The van der Waals surface area contributed by atoms with Crippen molar-refractivity contribution in [3.8, 4) is 11.5 Å². The van der Waals surface area contributed by atoms with Gasteiger partial charge in [0.15, 0.2) is 11.5 Å². The van der Waals surface area contributed by atoms with Gasteiger partial charge in [0.25, 0.3) is 5.91 Å². The predicted molar refractivity (Wildman–Crippen MR) is 97.5 cm³/mol. The number of carbonyl (C=O) groups excluding carboxylic acids is 2. The van der Waals surface area contributed by atoms with Gasteiger partial charge in [0.2, 0.25) is 0 Å². The molecule has 28 heavy (non-hydrogen) atoms. The maximum absolute atomic E-state index is 13.6. The van der Waals surface area contributed by atoms with Gasteiger partial charge in [0.05, 0.1) is 37.6 Å². The number of benzene rings is 2. The Kier molecular flexibility index (Phi) is 7.14. The zero-order chi connectivity index (χ0) is 20.7. The Morgan fingerprint density at radius 1 is 1.07 bits per heavy atom. The van der Waals surface area contributed by atoms with Crippen LogP contribution in [-0.2, 0) is 4.74 Å². The lowest BCUT2D eigenvalue weighted by atomic mass is 10.1. The third kappa shape index (κ3) is 5.09. The van der Waals surface area contributed by atoms with Gasteiger partial charge in [-0.2, -0.15) is 0 Å². The summed E-state index contributed by atoms with van der Waals surface area (Å²) in [7, 11) is 2.66. The second kappa shape index (κ2) is 9.54. The number of nitrogen functional groups attached to an aromatic ring is 1. The van der Waals surface area contributed by atoms with E-state index in [1.807, 2.05) is 0 Å². The molecule has 0 aromatic heterocycles. The molecule has 0 aliphatic carbocycles. The lowest BCUT2D eigenvalue weighted by molar-refractivity contribution is 0.0601. The van der Waals surface area contributed by atoms with Crippen molar-refractivity contribution >= 4 is 17.6 Å². The molecule has 0 aliphatic rings. The van der Waals surface area contributed by atoms with Gasteiger partial charge in [0, 0.05) is 24.7 Å². The van der Waals surface area contributed by atoms with E-state index in [0.29, 0.717) is 18.2 Å². The van der Waals surface area contributed by atoms with Gasteiger partial charge < -0.3 is 25.3 Å². The van der Waals surface area contributed by atoms with Crippen LogP contribution in [0.2, 0.25) is 0 Å². The number of hydrogen-bond donors (Lipinski definition) is 2. The molecule has 9 heteroatoms. The van der Waals surface area contributed by atoms with Crippen molar-refractivity contribution < 1.29 is 32.6 Å². The van der Waals surface area contributed by atoms with Crippen molar-refractivity contribution in [1.29, 1.82) is 0 Å². The SMILES string of the molecule is COC(=O)c1cc(OCCCNC(=O)c2ccc(F)cc2F)c(OC)cc1N. The minimum Gasteiger partial charge on any atom is -0.493 e. The van der Waals surface area contributed by atoms with Gasteiger partial charge in [-0.3, -0.25) is 4.79 Å². The first-order chi connectivity index (χ1) is 13.4. The number of methoxy groups -OCH3 is 2. The van der Waals surface area contributed by atoms with Gasteiger partial charge in [-0.15, -0.1) is 0 Å². The summed E-state index contributed by atoms with van der Waals surface area (Å²) in [5.74, 6) is -2.34. The zero-order valence-corrected chi connectivity index (χ0v) is 15.4. The van der Waals surface area contributed by atoms with Crippen LogP contribution in [0.25, 0.3) is 0 Å². The number of carbonyl (C=O) groups is 2. The second-order valence-electron chi connectivity index (χ2n) is 5.66. The maximum Gasteiger partial charge on any atom is 0.340 e. The van der Waals surface area contributed by atoms with Crippen LogP contribution in [-0.4, -0.2) is 39.2 Å². The van der Waals surface area contributed by atoms with Crippen LogP contribution < -0.4 is 20.5 Å². The molecule has 0 saturated carbocycles. The van der Waals surface area contributed by atoms with Crippen LogP contribution in [0, 0.1) is 11.6 Å². The summed E-state index contributed by atoms with van der Waals surface area (Å²) >= 11 is 0. The number of nitrogens with two attached hydrogens (primary N) is 1. The van der Waals surface area contributed by atoms with Crippen LogP contribution in [0.15, 0.2) is 30.3 Å². The molecule has 1 amide bonds. The summed E-state index contributed by atoms with van der Waals surface area (Å²) in [6, 6.07) is 5.58. The van der Waals surface area contributed by atoms with Crippen LogP contribution in [0.1, 0.15) is 27.1 Å². The molecule has 2 rings (SSSR count). The number of amides is 1. The topological polar surface area (TPSA) is 99.9 Å². The molecule has 3 N–H and O–H groups in total. The fourth-order valence-electron chi connectivity index (χ4n) is 2.36. The Balaban J connectivity index is 1.91. The minimum atomic E-state index is -0.935. The van der Waals surface area contributed by atoms with E-state index in [1.165, 1.54) is 26.4 Å². The lowest BCUT2D eigenvalue weighted by Gasteiger charge is -2.14. The Labute approximate surface area is 160 Å². The molecule has 0 aliphatic heterocycles. The fraction of sp³-hybridized carbons (Fsp3) is 0.263. The smallest absolute Gasteiger partial charge is 0.340 e. The first-order valence-corrected chi connectivity index (χ1v) is 8.29. The van der Waals surface area contributed by atoms with E-state index in [2.05, 4.69) is 10.1 Å². The largest absolute Gasteiger partial charge is 0.493 e. The van der Waals surface area contributed by atoms with E-state index < -0.39 is 23.5 Å². The predicted octanol–water partition coefficient (Wildman–Crippen LogP) is 2.54. The molecule has 0 radical (unpaired) electrons. The number of halogens is 2. The highest BCUT2D eigenvalue weighted by atomic mass is 19.1. The first-order valence-electron chi connectivity index (χ1n) is 8.29. The molecule has 0 atom stereocenters. The monoisotopic (exact) mass is 394 g/mol. The van der Waals surface area contributed by atoms with Crippen molar-refractivity contribution in [3.63, 3.8) is 0 Å². The van der Waals surface area contributed by atoms with E-state index in [0.717, 1.165) is 12.1 Å². The fourth-order valence-corrected chi connectivity index (χ4v) is 2.36. The third-order valence-corrected chi connectivity index (χ3v) is 3.78. The standard InChI is InChI=1S/C19H20F2N2O5/c1-26-16-10-15(22)13(19(25)27-2)9-17(16)28-7-3-6-23-18(24)12-5-4-11(20)8-14(12)21/h4-5,8-10H,3,6-7,22H2,1-2H3,(H,23,24). The molecule has 0 bridgehead atoms. The average Bonchev–Trinajstić information content (AvgIpc) is 2.67. The highest BCUT2D eigenvalue weighted by molar-refractivity contribution is 5.96. The highest BCUT2D eigenvalue weighted by Crippen LogP contribution is 2.32. The maximum atomic E-state index is 13.6. The Hall–Kier alpha value is -3.36. The average molecular weight is 394 g/mol. The molecule has 7 nitrogen and oxygen atoms in total. The molecule has 0 heterocycles. The summed E-state index contributed by atoms with van der Waals surface area (Å²) < 4.78 is 41.8. The van der Waals surface area contributed by atoms with Gasteiger partial charge >= 0.3 is 5.97 Å². The molecular formula is C19H20F2N2O5. The van der Waals surface area contributed by atoms with Crippen molar-refractivity contribution in [2.24, 2.45) is 0 Å². The van der Waals surface area contributed by atoms with Gasteiger partial charge in [0.1, 0.15) is 11.6 Å². The summed E-state index contributed by atoms with van der Waals surface area (Å²) in [6.45, 7) is 0.365. The van der Waals surface area contributed by atoms with Gasteiger partial charge in [-0.25, -0.2) is 13.6 Å². The minimum absolute atomic E-state index is 0.137. The van der Waals surface area contributed by atoms with Gasteiger partial charge in [-0.05, 0) is 18.6 Å². The second-order valence-corrected chi connectivity index (χ2v) is 5.66. The lowest BCUT2D eigenvalue weighted by Crippen LogP contribution is -2.26. The molecule has 0 unspecified atom stereocenters. The number of anilines is 1. The van der Waals surface area contributed by atoms with Crippen molar-refractivity contribution in [3.05, 3.63) is 53.1 Å². The number of hydrogen-bond acceptors (Lipinski definition) is 6. The Morgan fingerprint density at radius 3 is 2.46 bits per heavy atom. The molecule has 150 valence electrons. The molecular weight excluding hydrogens is 374 g/mol. The molecule has 2 aromatic rings. The summed E-state index contributed by atoms with van der Waals surface area (Å²) in [4.78, 5) is 23.6. The highest BCUT2D eigenvalue weighted by Gasteiger charge is 2.16. The summed E-state index contributed by atoms with van der Waals surface area (Å²) in [6.07, 6.45) is 0.385. The van der Waals surface area contributed by atoms with Crippen LogP contribution in [0.4, 0.5) is 14.5 Å². The molecule has 2 aromatic carbocycles. The third-order valence-electron chi connectivity index (χ3n) is 3.78. The quantitative estimate of drug-likeness (QED) is 0.406. The van der Waals surface area contributed by atoms with E-state index in [1.54, 1.807) is 0 Å². The number of ether oxygens (including phenoxy) is 3. The first kappa shape index (κ1) is 20.9. The normalized spacial score (nSPS) is 10.3. The zero-order valence-electron chi connectivity index (χ0n) is 15.4. The molecule has 0 saturated heterocycles. The van der Waals surface area contributed by atoms with E-state index in [-0.39, 0.29) is 35.7 Å².